The highest BCUT2D eigenvalue weighted by molar-refractivity contribution is 5.88. The van der Waals surface area contributed by atoms with Gasteiger partial charge in [0.25, 0.3) is 0 Å². The Morgan fingerprint density at radius 3 is 2.82 bits per heavy atom. The van der Waals surface area contributed by atoms with Gasteiger partial charge in [-0.25, -0.2) is 15.2 Å². The lowest BCUT2D eigenvalue weighted by atomic mass is 10.2. The summed E-state index contributed by atoms with van der Waals surface area (Å²) in [5.41, 5.74) is 3.41. The minimum absolute atomic E-state index is 0.226. The third-order valence-electron chi connectivity index (χ3n) is 2.69. The van der Waals surface area contributed by atoms with Gasteiger partial charge in [-0.05, 0) is 13.0 Å². The fourth-order valence-electron chi connectivity index (χ4n) is 1.75. The van der Waals surface area contributed by atoms with Crippen LogP contribution >= 0.6 is 0 Å². The van der Waals surface area contributed by atoms with Gasteiger partial charge < -0.3 is 14.3 Å². The van der Waals surface area contributed by atoms with Crippen LogP contribution in [0.2, 0.25) is 0 Å². The molecule has 0 bridgehead atoms. The maximum Gasteiger partial charge on any atom is 0.339 e. The number of morpholine rings is 1. The molecule has 17 heavy (non-hydrogen) atoms. The van der Waals surface area contributed by atoms with Crippen LogP contribution in [-0.4, -0.2) is 42.4 Å². The van der Waals surface area contributed by atoms with Crippen LogP contribution in [0.5, 0.6) is 0 Å². The van der Waals surface area contributed by atoms with Gasteiger partial charge in [0.2, 0.25) is 0 Å². The fourth-order valence-corrected chi connectivity index (χ4v) is 1.75. The van der Waals surface area contributed by atoms with Gasteiger partial charge in [-0.1, -0.05) is 0 Å². The van der Waals surface area contributed by atoms with Gasteiger partial charge in [-0.3, -0.25) is 0 Å². The van der Waals surface area contributed by atoms with Crippen LogP contribution in [0, 0.1) is 6.92 Å². The first-order chi connectivity index (χ1) is 8.16. The fraction of sp³-hybridized carbons (Fsp3) is 0.545. The molecular formula is C11H16N2O4. The average Bonchev–Trinajstić information content (AvgIpc) is 2.69. The van der Waals surface area contributed by atoms with Crippen LogP contribution in [0.3, 0.4) is 0 Å². The molecular weight excluding hydrogens is 224 g/mol. The Labute approximate surface area is 99.1 Å². The van der Waals surface area contributed by atoms with E-state index in [4.69, 9.17) is 14.3 Å². The maximum atomic E-state index is 10.8. The predicted octanol–water partition coefficient (Wildman–Crippen LogP) is 0.623. The van der Waals surface area contributed by atoms with E-state index in [1.54, 1.807) is 13.0 Å². The summed E-state index contributed by atoms with van der Waals surface area (Å²) in [5.74, 6) is 0.117. The van der Waals surface area contributed by atoms with Gasteiger partial charge in [0.1, 0.15) is 17.1 Å². The number of ether oxygens (including phenoxy) is 1. The smallest absolute Gasteiger partial charge is 0.339 e. The molecule has 0 aliphatic carbocycles. The number of nitrogens with zero attached hydrogens (tertiary/aromatic N) is 1. The molecule has 1 aromatic rings. The highest BCUT2D eigenvalue weighted by atomic mass is 16.5. The third kappa shape index (κ3) is 3.06. The Kier molecular flexibility index (Phi) is 3.78. The summed E-state index contributed by atoms with van der Waals surface area (Å²) in [5, 5.41) is 10.9. The SMILES string of the molecule is Cc1oc(CNN2CCOCC2)cc1C(=O)O. The highest BCUT2D eigenvalue weighted by Crippen LogP contribution is 2.14. The molecule has 1 fully saturated rings. The van der Waals surface area contributed by atoms with E-state index in [-0.39, 0.29) is 5.56 Å². The lowest BCUT2D eigenvalue weighted by Crippen LogP contribution is -2.45. The number of carboxylic acid groups (broad SMARTS) is 1. The summed E-state index contributed by atoms with van der Waals surface area (Å²) in [7, 11) is 0. The first-order valence-corrected chi connectivity index (χ1v) is 5.55. The lowest BCUT2D eigenvalue weighted by Gasteiger charge is -2.26. The summed E-state index contributed by atoms with van der Waals surface area (Å²) < 4.78 is 10.6. The third-order valence-corrected chi connectivity index (χ3v) is 2.69. The maximum absolute atomic E-state index is 10.8. The van der Waals surface area contributed by atoms with Crippen LogP contribution in [0.25, 0.3) is 0 Å². The molecule has 1 aliphatic heterocycles. The van der Waals surface area contributed by atoms with E-state index in [0.717, 1.165) is 13.1 Å². The molecule has 1 saturated heterocycles. The van der Waals surface area contributed by atoms with Crippen molar-refractivity contribution >= 4 is 5.97 Å². The van der Waals surface area contributed by atoms with Gasteiger partial charge in [-0.15, -0.1) is 0 Å². The number of nitrogens with one attached hydrogen (secondary N) is 1. The van der Waals surface area contributed by atoms with E-state index in [1.807, 2.05) is 5.01 Å². The Bertz CT molecular complexity index is 396. The van der Waals surface area contributed by atoms with E-state index in [1.165, 1.54) is 0 Å². The normalized spacial score (nSPS) is 17.2. The van der Waals surface area contributed by atoms with Crippen molar-refractivity contribution < 1.29 is 19.1 Å². The van der Waals surface area contributed by atoms with E-state index in [2.05, 4.69) is 5.43 Å². The van der Waals surface area contributed by atoms with Crippen LogP contribution in [0.4, 0.5) is 0 Å². The topological polar surface area (TPSA) is 74.9 Å². The quantitative estimate of drug-likeness (QED) is 0.803. The molecule has 0 saturated carbocycles. The minimum atomic E-state index is -0.955. The highest BCUT2D eigenvalue weighted by Gasteiger charge is 2.15. The Morgan fingerprint density at radius 1 is 1.53 bits per heavy atom. The molecule has 0 unspecified atom stereocenters. The average molecular weight is 240 g/mol. The van der Waals surface area contributed by atoms with Gasteiger partial charge in [-0.2, -0.15) is 0 Å². The molecule has 1 aromatic heterocycles. The minimum Gasteiger partial charge on any atom is -0.478 e. The molecule has 6 nitrogen and oxygen atoms in total. The van der Waals surface area contributed by atoms with Crippen molar-refractivity contribution in [3.05, 3.63) is 23.2 Å². The van der Waals surface area contributed by atoms with Crippen LogP contribution in [-0.2, 0) is 11.3 Å². The number of aryl methyl sites for hydroxylation is 1. The number of hydrogen-bond acceptors (Lipinski definition) is 5. The zero-order valence-corrected chi connectivity index (χ0v) is 9.73. The molecule has 2 rings (SSSR count). The van der Waals surface area contributed by atoms with Crippen molar-refractivity contribution in [2.24, 2.45) is 0 Å². The summed E-state index contributed by atoms with van der Waals surface area (Å²) in [4.78, 5) is 10.8. The van der Waals surface area contributed by atoms with Crippen molar-refractivity contribution in [3.8, 4) is 0 Å². The summed E-state index contributed by atoms with van der Waals surface area (Å²) in [6.45, 7) is 5.22. The number of carbonyl (C=O) groups is 1. The summed E-state index contributed by atoms with van der Waals surface area (Å²) in [6, 6.07) is 1.56. The molecule has 94 valence electrons. The summed E-state index contributed by atoms with van der Waals surface area (Å²) in [6.07, 6.45) is 0. The molecule has 0 amide bonds. The van der Waals surface area contributed by atoms with Crippen molar-refractivity contribution in [2.75, 3.05) is 26.3 Å². The monoisotopic (exact) mass is 240 g/mol. The molecule has 1 aliphatic rings. The molecule has 0 aromatic carbocycles. The lowest BCUT2D eigenvalue weighted by molar-refractivity contribution is 0.00941. The van der Waals surface area contributed by atoms with Crippen LogP contribution < -0.4 is 5.43 Å². The number of rotatable bonds is 4. The second-order valence-corrected chi connectivity index (χ2v) is 3.92. The van der Waals surface area contributed by atoms with Gasteiger partial charge >= 0.3 is 5.97 Å². The van der Waals surface area contributed by atoms with Crippen LogP contribution in [0.15, 0.2) is 10.5 Å². The number of hydrazine groups is 1. The number of hydrogen-bond donors (Lipinski definition) is 2. The van der Waals surface area contributed by atoms with E-state index < -0.39 is 5.97 Å². The number of furan rings is 1. The molecule has 0 radical (unpaired) electrons. The van der Waals surface area contributed by atoms with E-state index >= 15 is 0 Å². The van der Waals surface area contributed by atoms with Crippen LogP contribution in [0.1, 0.15) is 21.9 Å². The zero-order valence-electron chi connectivity index (χ0n) is 9.73. The molecule has 0 spiro atoms. The number of carboxylic acids is 1. The Morgan fingerprint density at radius 2 is 2.24 bits per heavy atom. The molecule has 6 heteroatoms. The van der Waals surface area contributed by atoms with Gasteiger partial charge in [0, 0.05) is 13.1 Å². The standard InChI is InChI=1S/C11H16N2O4/c1-8-10(11(14)15)6-9(17-8)7-12-13-2-4-16-5-3-13/h6,12H,2-5,7H2,1H3,(H,14,15). The van der Waals surface area contributed by atoms with E-state index in [0.29, 0.717) is 31.3 Å². The second kappa shape index (κ2) is 5.31. The van der Waals surface area contributed by atoms with Crippen molar-refractivity contribution in [1.82, 2.24) is 10.4 Å². The van der Waals surface area contributed by atoms with Crippen molar-refractivity contribution in [3.63, 3.8) is 0 Å². The Hall–Kier alpha value is -1.37. The number of aromatic carboxylic acids is 1. The largest absolute Gasteiger partial charge is 0.478 e. The Balaban J connectivity index is 1.90. The summed E-state index contributed by atoms with van der Waals surface area (Å²) >= 11 is 0. The molecule has 2 N–H and O–H groups in total. The van der Waals surface area contributed by atoms with Crippen molar-refractivity contribution in [2.45, 2.75) is 13.5 Å². The predicted molar refractivity (Wildman–Crippen MR) is 59.6 cm³/mol. The zero-order chi connectivity index (χ0) is 12.3. The molecule has 0 atom stereocenters. The van der Waals surface area contributed by atoms with Gasteiger partial charge in [0.05, 0.1) is 19.8 Å². The molecule has 2 heterocycles. The first-order valence-electron chi connectivity index (χ1n) is 5.55. The second-order valence-electron chi connectivity index (χ2n) is 3.92. The van der Waals surface area contributed by atoms with E-state index in [9.17, 15) is 4.79 Å². The van der Waals surface area contributed by atoms with Crippen molar-refractivity contribution in [1.29, 1.82) is 0 Å². The first kappa shape index (κ1) is 12.1. The van der Waals surface area contributed by atoms with Gasteiger partial charge in [0.15, 0.2) is 0 Å².